The van der Waals surface area contributed by atoms with Crippen LogP contribution in [0.1, 0.15) is 16.8 Å². The number of allylic oxidation sites excluding steroid dienone is 2. The van der Waals surface area contributed by atoms with Crippen LogP contribution in [0.15, 0.2) is 67.4 Å². The molecular formula is C17H15N. The standard InChI is InChI=1S/C17H15N/c1-2-3-11-17-16(10-7-14-18-17)13-12-15-8-5-4-6-9-15/h2-14H,1H2. The zero-order chi connectivity index (χ0) is 12.6. The number of rotatable bonds is 4. The molecule has 0 aliphatic carbocycles. The van der Waals surface area contributed by atoms with Crippen molar-refractivity contribution >= 4 is 18.2 Å². The lowest BCUT2D eigenvalue weighted by molar-refractivity contribution is 1.28. The van der Waals surface area contributed by atoms with Crippen LogP contribution in [-0.4, -0.2) is 4.98 Å². The van der Waals surface area contributed by atoms with Gasteiger partial charge in [-0.2, -0.15) is 0 Å². The van der Waals surface area contributed by atoms with E-state index in [0.717, 1.165) is 11.3 Å². The molecule has 1 heterocycles. The van der Waals surface area contributed by atoms with Crippen molar-refractivity contribution in [3.05, 3.63) is 84.2 Å². The highest BCUT2D eigenvalue weighted by atomic mass is 14.7. The Morgan fingerprint density at radius 1 is 0.889 bits per heavy atom. The molecule has 18 heavy (non-hydrogen) atoms. The van der Waals surface area contributed by atoms with Crippen molar-refractivity contribution in [3.8, 4) is 0 Å². The van der Waals surface area contributed by atoms with Crippen LogP contribution in [0, 0.1) is 0 Å². The molecule has 0 radical (unpaired) electrons. The van der Waals surface area contributed by atoms with Crippen LogP contribution in [0.3, 0.4) is 0 Å². The molecule has 0 atom stereocenters. The van der Waals surface area contributed by atoms with E-state index in [1.54, 1.807) is 12.3 Å². The van der Waals surface area contributed by atoms with Crippen LogP contribution in [0.5, 0.6) is 0 Å². The van der Waals surface area contributed by atoms with Crippen LogP contribution in [-0.2, 0) is 0 Å². The predicted molar refractivity (Wildman–Crippen MR) is 78.8 cm³/mol. The Labute approximate surface area is 108 Å². The molecule has 0 aliphatic rings. The lowest BCUT2D eigenvalue weighted by atomic mass is 10.1. The topological polar surface area (TPSA) is 12.9 Å². The van der Waals surface area contributed by atoms with E-state index in [4.69, 9.17) is 0 Å². The highest BCUT2D eigenvalue weighted by molar-refractivity contribution is 5.73. The second-order valence-corrected chi connectivity index (χ2v) is 3.82. The van der Waals surface area contributed by atoms with Gasteiger partial charge in [0.1, 0.15) is 0 Å². The van der Waals surface area contributed by atoms with E-state index in [9.17, 15) is 0 Å². The number of hydrogen-bond donors (Lipinski definition) is 0. The second-order valence-electron chi connectivity index (χ2n) is 3.82. The van der Waals surface area contributed by atoms with Crippen molar-refractivity contribution in [1.29, 1.82) is 0 Å². The summed E-state index contributed by atoms with van der Waals surface area (Å²) in [5.74, 6) is 0. The number of benzene rings is 1. The van der Waals surface area contributed by atoms with Crippen molar-refractivity contribution in [2.24, 2.45) is 0 Å². The Morgan fingerprint density at radius 2 is 1.72 bits per heavy atom. The van der Waals surface area contributed by atoms with E-state index < -0.39 is 0 Å². The average molecular weight is 233 g/mol. The van der Waals surface area contributed by atoms with E-state index in [1.165, 1.54) is 5.56 Å². The van der Waals surface area contributed by atoms with Crippen molar-refractivity contribution in [3.63, 3.8) is 0 Å². The van der Waals surface area contributed by atoms with E-state index >= 15 is 0 Å². The Bertz CT molecular complexity index is 565. The van der Waals surface area contributed by atoms with Gasteiger partial charge >= 0.3 is 0 Å². The first kappa shape index (κ1) is 12.1. The van der Waals surface area contributed by atoms with Crippen molar-refractivity contribution < 1.29 is 0 Å². The Kier molecular flexibility index (Phi) is 4.26. The van der Waals surface area contributed by atoms with Gasteiger partial charge in [-0.25, -0.2) is 0 Å². The molecule has 0 N–H and O–H groups in total. The summed E-state index contributed by atoms with van der Waals surface area (Å²) in [6.07, 6.45) is 11.6. The summed E-state index contributed by atoms with van der Waals surface area (Å²) < 4.78 is 0. The van der Waals surface area contributed by atoms with Gasteiger partial charge in [0.25, 0.3) is 0 Å². The largest absolute Gasteiger partial charge is 0.256 e. The van der Waals surface area contributed by atoms with Crippen LogP contribution in [0.2, 0.25) is 0 Å². The molecule has 0 amide bonds. The van der Waals surface area contributed by atoms with E-state index in [1.807, 2.05) is 36.4 Å². The maximum Gasteiger partial charge on any atom is 0.0701 e. The molecule has 0 unspecified atom stereocenters. The van der Waals surface area contributed by atoms with Crippen LogP contribution < -0.4 is 0 Å². The average Bonchev–Trinajstić information content (AvgIpc) is 2.45. The predicted octanol–water partition coefficient (Wildman–Crippen LogP) is 4.45. The number of nitrogens with zero attached hydrogens (tertiary/aromatic N) is 1. The maximum absolute atomic E-state index is 4.34. The molecule has 1 nitrogen and oxygen atoms in total. The first-order chi connectivity index (χ1) is 8.90. The van der Waals surface area contributed by atoms with Crippen LogP contribution >= 0.6 is 0 Å². The third-order valence-electron chi connectivity index (χ3n) is 2.52. The van der Waals surface area contributed by atoms with Gasteiger partial charge in [0, 0.05) is 11.8 Å². The summed E-state index contributed by atoms with van der Waals surface area (Å²) in [6.45, 7) is 3.67. The SMILES string of the molecule is C=CC=Cc1ncccc1C=Cc1ccccc1. The van der Waals surface area contributed by atoms with E-state index in [-0.39, 0.29) is 0 Å². The normalized spacial score (nSPS) is 11.1. The number of hydrogen-bond acceptors (Lipinski definition) is 1. The molecule has 88 valence electrons. The number of aromatic nitrogens is 1. The lowest BCUT2D eigenvalue weighted by Gasteiger charge is -1.99. The molecular weight excluding hydrogens is 218 g/mol. The highest BCUT2D eigenvalue weighted by Crippen LogP contribution is 2.12. The van der Waals surface area contributed by atoms with Gasteiger partial charge in [0.2, 0.25) is 0 Å². The minimum atomic E-state index is 0.949. The first-order valence-corrected chi connectivity index (χ1v) is 5.87. The summed E-state index contributed by atoms with van der Waals surface area (Å²) in [6, 6.07) is 14.2. The molecule has 0 fully saturated rings. The monoisotopic (exact) mass is 233 g/mol. The van der Waals surface area contributed by atoms with E-state index in [0.29, 0.717) is 0 Å². The summed E-state index contributed by atoms with van der Waals surface area (Å²) >= 11 is 0. The Morgan fingerprint density at radius 3 is 2.50 bits per heavy atom. The molecule has 1 aromatic carbocycles. The van der Waals surface area contributed by atoms with Gasteiger partial charge in [0.15, 0.2) is 0 Å². The van der Waals surface area contributed by atoms with Gasteiger partial charge in [-0.15, -0.1) is 0 Å². The zero-order valence-corrected chi connectivity index (χ0v) is 10.2. The fourth-order valence-corrected chi connectivity index (χ4v) is 1.62. The van der Waals surface area contributed by atoms with Gasteiger partial charge in [-0.1, -0.05) is 67.3 Å². The van der Waals surface area contributed by atoms with Gasteiger partial charge in [0.05, 0.1) is 5.69 Å². The molecule has 0 aliphatic heterocycles. The summed E-state index contributed by atoms with van der Waals surface area (Å²) in [5.41, 5.74) is 3.23. The Hall–Kier alpha value is -2.41. The molecule has 0 spiro atoms. The highest BCUT2D eigenvalue weighted by Gasteiger charge is 1.95. The number of pyridine rings is 1. The summed E-state index contributed by atoms with van der Waals surface area (Å²) in [5, 5.41) is 0. The molecule has 0 saturated heterocycles. The van der Waals surface area contributed by atoms with Crippen molar-refractivity contribution in [1.82, 2.24) is 4.98 Å². The maximum atomic E-state index is 4.34. The summed E-state index contributed by atoms with van der Waals surface area (Å²) in [7, 11) is 0. The Balaban J connectivity index is 2.26. The van der Waals surface area contributed by atoms with Gasteiger partial charge in [-0.3, -0.25) is 4.98 Å². The smallest absolute Gasteiger partial charge is 0.0701 e. The molecule has 0 bridgehead atoms. The van der Waals surface area contributed by atoms with Crippen LogP contribution in [0.4, 0.5) is 0 Å². The van der Waals surface area contributed by atoms with Crippen LogP contribution in [0.25, 0.3) is 18.2 Å². The van der Waals surface area contributed by atoms with Crippen molar-refractivity contribution in [2.75, 3.05) is 0 Å². The molecule has 1 heteroatoms. The van der Waals surface area contributed by atoms with Gasteiger partial charge in [-0.05, 0) is 17.7 Å². The fourth-order valence-electron chi connectivity index (χ4n) is 1.62. The van der Waals surface area contributed by atoms with E-state index in [2.05, 4.69) is 41.9 Å². The van der Waals surface area contributed by atoms with Crippen molar-refractivity contribution in [2.45, 2.75) is 0 Å². The molecule has 2 rings (SSSR count). The zero-order valence-electron chi connectivity index (χ0n) is 10.2. The molecule has 2 aromatic rings. The minimum absolute atomic E-state index is 0.949. The minimum Gasteiger partial charge on any atom is -0.256 e. The molecule has 0 saturated carbocycles. The fraction of sp³-hybridized carbons (Fsp3) is 0. The summed E-state index contributed by atoms with van der Waals surface area (Å²) in [4.78, 5) is 4.34. The third kappa shape index (κ3) is 3.29. The van der Waals surface area contributed by atoms with Gasteiger partial charge < -0.3 is 0 Å². The quantitative estimate of drug-likeness (QED) is 0.711. The first-order valence-electron chi connectivity index (χ1n) is 5.87. The lowest BCUT2D eigenvalue weighted by Crippen LogP contribution is -1.84. The molecule has 1 aromatic heterocycles. The third-order valence-corrected chi connectivity index (χ3v) is 2.52. The second kappa shape index (κ2) is 6.36.